The van der Waals surface area contributed by atoms with Gasteiger partial charge in [0.1, 0.15) is 5.65 Å². The van der Waals surface area contributed by atoms with Crippen molar-refractivity contribution in [2.75, 3.05) is 32.7 Å². The molecule has 4 rings (SSSR count). The van der Waals surface area contributed by atoms with Crippen LogP contribution in [0.3, 0.4) is 0 Å². The number of amides is 1. The lowest BCUT2D eigenvalue weighted by Gasteiger charge is -2.34. The van der Waals surface area contributed by atoms with Crippen molar-refractivity contribution in [3.63, 3.8) is 0 Å². The van der Waals surface area contributed by atoms with E-state index < -0.39 is 0 Å². The molecule has 0 spiro atoms. The summed E-state index contributed by atoms with van der Waals surface area (Å²) < 4.78 is 2.23. The van der Waals surface area contributed by atoms with Crippen molar-refractivity contribution in [1.82, 2.24) is 19.4 Å². The standard InChI is InChI=1S/C24H30N4O/c1-3-27-18-21(22-5-4-11-25-24(22)27)10-12-26-13-15-28(16-14-26)23(29)17-20-8-6-19(2)7-9-20/h4-9,11,18H,3,10,12-17H2,1-2H3. The molecule has 0 radical (unpaired) electrons. The van der Waals surface area contributed by atoms with Crippen molar-refractivity contribution in [3.05, 3.63) is 65.5 Å². The molecular weight excluding hydrogens is 360 g/mol. The van der Waals surface area contributed by atoms with Crippen molar-refractivity contribution in [3.8, 4) is 0 Å². The van der Waals surface area contributed by atoms with Gasteiger partial charge < -0.3 is 9.47 Å². The first-order chi connectivity index (χ1) is 14.1. The fraction of sp³-hybridized carbons (Fsp3) is 0.417. The quantitative estimate of drug-likeness (QED) is 0.649. The SMILES string of the molecule is CCn1cc(CCN2CCN(C(=O)Cc3ccc(C)cc3)CC2)c2cccnc21. The van der Waals surface area contributed by atoms with Gasteiger partial charge in [-0.25, -0.2) is 4.98 Å². The summed E-state index contributed by atoms with van der Waals surface area (Å²) in [6, 6.07) is 12.5. The molecule has 2 aromatic heterocycles. The molecule has 5 nitrogen and oxygen atoms in total. The zero-order valence-electron chi connectivity index (χ0n) is 17.5. The molecule has 3 aromatic rings. The molecule has 1 aliphatic rings. The van der Waals surface area contributed by atoms with Crippen molar-refractivity contribution in [1.29, 1.82) is 0 Å². The third kappa shape index (κ3) is 4.51. The van der Waals surface area contributed by atoms with E-state index in [2.05, 4.69) is 64.8 Å². The minimum Gasteiger partial charge on any atom is -0.340 e. The highest BCUT2D eigenvalue weighted by Crippen LogP contribution is 2.20. The second-order valence-electron chi connectivity index (χ2n) is 7.95. The monoisotopic (exact) mass is 390 g/mol. The van der Waals surface area contributed by atoms with Crippen LogP contribution in [0.5, 0.6) is 0 Å². The number of pyridine rings is 1. The number of hydrogen-bond donors (Lipinski definition) is 0. The lowest BCUT2D eigenvalue weighted by molar-refractivity contribution is -0.132. The normalized spacial score (nSPS) is 15.2. The number of benzene rings is 1. The highest BCUT2D eigenvalue weighted by molar-refractivity contribution is 5.80. The predicted molar refractivity (Wildman–Crippen MR) is 117 cm³/mol. The van der Waals surface area contributed by atoms with Crippen LogP contribution in [0.4, 0.5) is 0 Å². The largest absolute Gasteiger partial charge is 0.340 e. The molecule has 1 amide bonds. The Kier molecular flexibility index (Phi) is 5.95. The van der Waals surface area contributed by atoms with E-state index in [4.69, 9.17) is 0 Å². The topological polar surface area (TPSA) is 41.4 Å². The molecule has 0 N–H and O–H groups in total. The van der Waals surface area contributed by atoms with E-state index in [1.807, 2.05) is 17.2 Å². The molecule has 0 unspecified atom stereocenters. The van der Waals surface area contributed by atoms with E-state index in [9.17, 15) is 4.79 Å². The van der Waals surface area contributed by atoms with Crippen LogP contribution in [0.2, 0.25) is 0 Å². The Morgan fingerprint density at radius 1 is 1.07 bits per heavy atom. The van der Waals surface area contributed by atoms with Gasteiger partial charge in [0.2, 0.25) is 5.91 Å². The Bertz CT molecular complexity index is 968. The molecule has 0 bridgehead atoms. The summed E-state index contributed by atoms with van der Waals surface area (Å²) in [6.07, 6.45) is 5.64. The van der Waals surface area contributed by atoms with Crippen LogP contribution in [0.1, 0.15) is 23.6 Å². The summed E-state index contributed by atoms with van der Waals surface area (Å²) in [5.74, 6) is 0.241. The van der Waals surface area contributed by atoms with Gasteiger partial charge in [0.25, 0.3) is 0 Å². The third-order valence-electron chi connectivity index (χ3n) is 5.96. The molecule has 1 saturated heterocycles. The van der Waals surface area contributed by atoms with E-state index in [0.29, 0.717) is 6.42 Å². The number of carbonyl (C=O) groups is 1. The third-order valence-corrected chi connectivity index (χ3v) is 5.96. The summed E-state index contributed by atoms with van der Waals surface area (Å²) in [7, 11) is 0. The predicted octanol–water partition coefficient (Wildman–Crippen LogP) is 3.29. The Labute approximate surface area is 172 Å². The summed E-state index contributed by atoms with van der Waals surface area (Å²) in [6.45, 7) is 9.74. The minimum atomic E-state index is 0.241. The minimum absolute atomic E-state index is 0.241. The van der Waals surface area contributed by atoms with Crippen LogP contribution in [0.25, 0.3) is 11.0 Å². The lowest BCUT2D eigenvalue weighted by atomic mass is 10.1. The molecule has 152 valence electrons. The van der Waals surface area contributed by atoms with E-state index in [-0.39, 0.29) is 5.91 Å². The van der Waals surface area contributed by atoms with Gasteiger partial charge in [0.05, 0.1) is 6.42 Å². The summed E-state index contributed by atoms with van der Waals surface area (Å²) in [4.78, 5) is 21.6. The van der Waals surface area contributed by atoms with Gasteiger partial charge >= 0.3 is 0 Å². The number of nitrogens with zero attached hydrogens (tertiary/aromatic N) is 4. The van der Waals surface area contributed by atoms with Gasteiger partial charge in [0.15, 0.2) is 0 Å². The maximum Gasteiger partial charge on any atom is 0.227 e. The summed E-state index contributed by atoms with van der Waals surface area (Å²) in [5, 5.41) is 1.27. The summed E-state index contributed by atoms with van der Waals surface area (Å²) >= 11 is 0. The van der Waals surface area contributed by atoms with Crippen LogP contribution in [-0.4, -0.2) is 58.0 Å². The van der Waals surface area contributed by atoms with E-state index in [1.54, 1.807) is 0 Å². The molecule has 1 fully saturated rings. The zero-order valence-corrected chi connectivity index (χ0v) is 17.5. The first-order valence-corrected chi connectivity index (χ1v) is 10.6. The first kappa shape index (κ1) is 19.6. The van der Waals surface area contributed by atoms with E-state index in [0.717, 1.165) is 56.9 Å². The molecule has 1 aromatic carbocycles. The van der Waals surface area contributed by atoms with Crippen LogP contribution in [0, 0.1) is 6.92 Å². The number of carbonyl (C=O) groups excluding carboxylic acids is 1. The Morgan fingerprint density at radius 3 is 2.55 bits per heavy atom. The fourth-order valence-electron chi connectivity index (χ4n) is 4.13. The van der Waals surface area contributed by atoms with Crippen LogP contribution < -0.4 is 0 Å². The van der Waals surface area contributed by atoms with E-state index in [1.165, 1.54) is 16.5 Å². The molecule has 0 atom stereocenters. The molecule has 3 heterocycles. The van der Waals surface area contributed by atoms with Gasteiger partial charge in [0, 0.05) is 57.0 Å². The first-order valence-electron chi connectivity index (χ1n) is 10.6. The second kappa shape index (κ2) is 8.78. The van der Waals surface area contributed by atoms with E-state index >= 15 is 0 Å². The lowest BCUT2D eigenvalue weighted by Crippen LogP contribution is -2.49. The molecule has 0 aliphatic carbocycles. The molecule has 29 heavy (non-hydrogen) atoms. The van der Waals surface area contributed by atoms with Crippen LogP contribution in [0.15, 0.2) is 48.8 Å². The van der Waals surface area contributed by atoms with Crippen molar-refractivity contribution >= 4 is 16.9 Å². The highest BCUT2D eigenvalue weighted by Gasteiger charge is 2.21. The molecule has 1 aliphatic heterocycles. The van der Waals surface area contributed by atoms with Crippen molar-refractivity contribution in [2.45, 2.75) is 33.2 Å². The van der Waals surface area contributed by atoms with Gasteiger partial charge in [-0.2, -0.15) is 0 Å². The van der Waals surface area contributed by atoms with Gasteiger partial charge in [-0.3, -0.25) is 9.69 Å². The van der Waals surface area contributed by atoms with Crippen molar-refractivity contribution < 1.29 is 4.79 Å². The molecule has 5 heteroatoms. The maximum atomic E-state index is 12.6. The average Bonchev–Trinajstić information content (AvgIpc) is 3.12. The second-order valence-corrected chi connectivity index (χ2v) is 7.95. The van der Waals surface area contributed by atoms with Gasteiger partial charge in [-0.15, -0.1) is 0 Å². The van der Waals surface area contributed by atoms with Crippen LogP contribution >= 0.6 is 0 Å². The Hall–Kier alpha value is -2.66. The fourth-order valence-corrected chi connectivity index (χ4v) is 4.13. The smallest absolute Gasteiger partial charge is 0.227 e. The zero-order chi connectivity index (χ0) is 20.2. The number of aryl methyl sites for hydroxylation is 2. The number of aromatic nitrogens is 2. The number of fused-ring (bicyclic) bond motifs is 1. The van der Waals surface area contributed by atoms with Crippen molar-refractivity contribution in [2.24, 2.45) is 0 Å². The van der Waals surface area contributed by atoms with Crippen LogP contribution in [-0.2, 0) is 24.2 Å². The Morgan fingerprint density at radius 2 is 1.83 bits per heavy atom. The molecular formula is C24H30N4O. The van der Waals surface area contributed by atoms with Gasteiger partial charge in [-0.05, 0) is 43.5 Å². The highest BCUT2D eigenvalue weighted by atomic mass is 16.2. The maximum absolute atomic E-state index is 12.6. The number of hydrogen-bond acceptors (Lipinski definition) is 3. The number of rotatable bonds is 6. The molecule has 0 saturated carbocycles. The Balaban J connectivity index is 1.29. The summed E-state index contributed by atoms with van der Waals surface area (Å²) in [5.41, 5.74) is 4.78. The number of piperazine rings is 1. The average molecular weight is 391 g/mol. The van der Waals surface area contributed by atoms with Gasteiger partial charge in [-0.1, -0.05) is 29.8 Å².